The number of fused-ring (bicyclic) bond motifs is 1. The van der Waals surface area contributed by atoms with E-state index in [1.54, 1.807) is 12.3 Å². The molecule has 6 nitrogen and oxygen atoms in total. The highest BCUT2D eigenvalue weighted by Gasteiger charge is 2.24. The fraction of sp³-hybridized carbons (Fsp3) is 0.348. The summed E-state index contributed by atoms with van der Waals surface area (Å²) in [5.41, 5.74) is 4.71. The highest BCUT2D eigenvalue weighted by Crippen LogP contribution is 2.32. The second-order valence-electron chi connectivity index (χ2n) is 7.61. The lowest BCUT2D eigenvalue weighted by molar-refractivity contribution is -0.110. The van der Waals surface area contributed by atoms with E-state index in [-0.39, 0.29) is 11.7 Å². The maximum absolute atomic E-state index is 13.6. The molecule has 158 valence electrons. The van der Waals surface area contributed by atoms with Crippen LogP contribution in [0.2, 0.25) is 0 Å². The number of aryl methyl sites for hydroxylation is 1. The molecule has 0 bridgehead atoms. The standard InChI is InChI=1S/C23H27FN4O2/c1-16-13-18(4-6-21(16)25-7-2-8-28-9-11-30-12-10-28)26-15-20-19-14-17(24)3-5-22(19)27-23(20)29/h3-6,13-15,25-26H,2,7-12H2,1H3,(H,27,29)/b20-15-. The third-order valence-electron chi connectivity index (χ3n) is 5.44. The number of nitrogens with one attached hydrogen (secondary N) is 3. The smallest absolute Gasteiger partial charge is 0.257 e. The molecule has 2 aromatic carbocycles. The first-order valence-electron chi connectivity index (χ1n) is 10.3. The molecule has 0 unspecified atom stereocenters. The van der Waals surface area contributed by atoms with E-state index in [4.69, 9.17) is 4.74 Å². The van der Waals surface area contributed by atoms with Gasteiger partial charge in [0, 0.05) is 48.5 Å². The number of amides is 1. The molecule has 2 aliphatic heterocycles. The minimum Gasteiger partial charge on any atom is -0.385 e. The molecule has 2 aliphatic rings. The first-order valence-corrected chi connectivity index (χ1v) is 10.3. The van der Waals surface area contributed by atoms with Crippen molar-refractivity contribution in [1.82, 2.24) is 4.90 Å². The second-order valence-corrected chi connectivity index (χ2v) is 7.61. The zero-order chi connectivity index (χ0) is 20.9. The zero-order valence-corrected chi connectivity index (χ0v) is 17.1. The molecule has 0 saturated carbocycles. The van der Waals surface area contributed by atoms with E-state index in [1.165, 1.54) is 12.1 Å². The van der Waals surface area contributed by atoms with Gasteiger partial charge in [0.2, 0.25) is 0 Å². The second kappa shape index (κ2) is 9.28. The average molecular weight is 410 g/mol. The number of hydrogen-bond acceptors (Lipinski definition) is 5. The van der Waals surface area contributed by atoms with Crippen molar-refractivity contribution in [2.75, 3.05) is 55.3 Å². The molecule has 0 radical (unpaired) electrons. The largest absolute Gasteiger partial charge is 0.385 e. The van der Waals surface area contributed by atoms with E-state index in [0.29, 0.717) is 16.8 Å². The number of benzene rings is 2. The Morgan fingerprint density at radius 3 is 2.83 bits per heavy atom. The normalized spacial score (nSPS) is 17.7. The molecule has 2 aromatic rings. The van der Waals surface area contributed by atoms with Crippen LogP contribution in [-0.2, 0) is 9.53 Å². The van der Waals surface area contributed by atoms with Crippen LogP contribution in [0.1, 0.15) is 17.5 Å². The molecule has 4 rings (SSSR count). The molecule has 1 fully saturated rings. The summed E-state index contributed by atoms with van der Waals surface area (Å²) in [6, 6.07) is 10.3. The van der Waals surface area contributed by atoms with E-state index in [0.717, 1.165) is 62.8 Å². The Labute approximate surface area is 176 Å². The number of ether oxygens (including phenoxy) is 1. The lowest BCUT2D eigenvalue weighted by Crippen LogP contribution is -2.37. The average Bonchev–Trinajstić information content (AvgIpc) is 3.06. The van der Waals surface area contributed by atoms with Crippen molar-refractivity contribution in [3.8, 4) is 0 Å². The van der Waals surface area contributed by atoms with Crippen LogP contribution in [0.3, 0.4) is 0 Å². The molecule has 0 aromatic heterocycles. The Morgan fingerprint density at radius 1 is 1.20 bits per heavy atom. The van der Waals surface area contributed by atoms with Crippen molar-refractivity contribution in [2.45, 2.75) is 13.3 Å². The van der Waals surface area contributed by atoms with Crippen molar-refractivity contribution in [1.29, 1.82) is 0 Å². The van der Waals surface area contributed by atoms with Gasteiger partial charge >= 0.3 is 0 Å². The summed E-state index contributed by atoms with van der Waals surface area (Å²) in [7, 11) is 0. The van der Waals surface area contributed by atoms with Crippen molar-refractivity contribution in [2.24, 2.45) is 0 Å². The number of hydrogen-bond donors (Lipinski definition) is 3. The first kappa shape index (κ1) is 20.4. The van der Waals surface area contributed by atoms with E-state index in [1.807, 2.05) is 18.2 Å². The highest BCUT2D eigenvalue weighted by molar-refractivity contribution is 6.31. The van der Waals surface area contributed by atoms with Crippen LogP contribution in [-0.4, -0.2) is 50.2 Å². The van der Waals surface area contributed by atoms with Gasteiger partial charge in [-0.2, -0.15) is 0 Å². The van der Waals surface area contributed by atoms with Crippen LogP contribution in [0.5, 0.6) is 0 Å². The summed E-state index contributed by atoms with van der Waals surface area (Å²) in [6.07, 6.45) is 2.71. The van der Waals surface area contributed by atoms with Gasteiger partial charge in [-0.15, -0.1) is 0 Å². The molecule has 1 saturated heterocycles. The zero-order valence-electron chi connectivity index (χ0n) is 17.1. The molecule has 30 heavy (non-hydrogen) atoms. The van der Waals surface area contributed by atoms with E-state index < -0.39 is 0 Å². The van der Waals surface area contributed by atoms with Crippen LogP contribution in [0.25, 0.3) is 5.57 Å². The van der Waals surface area contributed by atoms with Crippen molar-refractivity contribution in [3.63, 3.8) is 0 Å². The Kier molecular flexibility index (Phi) is 6.30. The van der Waals surface area contributed by atoms with Gasteiger partial charge in [0.05, 0.1) is 18.8 Å². The topological polar surface area (TPSA) is 65.6 Å². The Balaban J connectivity index is 1.33. The van der Waals surface area contributed by atoms with Crippen LogP contribution in [0.4, 0.5) is 21.5 Å². The first-order chi connectivity index (χ1) is 14.6. The molecule has 0 spiro atoms. The summed E-state index contributed by atoms with van der Waals surface area (Å²) in [5, 5.41) is 9.41. The molecule has 0 aliphatic carbocycles. The fourth-order valence-electron chi connectivity index (χ4n) is 3.76. The van der Waals surface area contributed by atoms with E-state index in [2.05, 4.69) is 27.8 Å². The third kappa shape index (κ3) is 4.80. The number of carbonyl (C=O) groups is 1. The Morgan fingerprint density at radius 2 is 2.03 bits per heavy atom. The predicted octanol–water partition coefficient (Wildman–Crippen LogP) is 3.67. The van der Waals surface area contributed by atoms with Gasteiger partial charge in [0.1, 0.15) is 5.82 Å². The quantitative estimate of drug-likeness (QED) is 0.480. The maximum Gasteiger partial charge on any atom is 0.257 e. The van der Waals surface area contributed by atoms with Gasteiger partial charge in [-0.25, -0.2) is 4.39 Å². The predicted molar refractivity (Wildman–Crippen MR) is 118 cm³/mol. The Bertz CT molecular complexity index is 954. The third-order valence-corrected chi connectivity index (χ3v) is 5.44. The van der Waals surface area contributed by atoms with Crippen LogP contribution < -0.4 is 16.0 Å². The summed E-state index contributed by atoms with van der Waals surface area (Å²) in [6.45, 7) is 7.74. The summed E-state index contributed by atoms with van der Waals surface area (Å²) in [5.74, 6) is -0.602. The summed E-state index contributed by atoms with van der Waals surface area (Å²) >= 11 is 0. The number of carbonyl (C=O) groups excluding carboxylic acids is 1. The van der Waals surface area contributed by atoms with Gasteiger partial charge in [-0.3, -0.25) is 9.69 Å². The number of halogens is 1. The lowest BCUT2D eigenvalue weighted by Gasteiger charge is -2.26. The fourth-order valence-corrected chi connectivity index (χ4v) is 3.76. The molecular formula is C23H27FN4O2. The molecule has 0 atom stereocenters. The van der Waals surface area contributed by atoms with Crippen molar-refractivity contribution in [3.05, 3.63) is 59.5 Å². The van der Waals surface area contributed by atoms with E-state index in [9.17, 15) is 9.18 Å². The van der Waals surface area contributed by atoms with E-state index >= 15 is 0 Å². The lowest BCUT2D eigenvalue weighted by atomic mass is 10.1. The van der Waals surface area contributed by atoms with Gasteiger partial charge in [-0.05, 0) is 61.9 Å². The number of anilines is 3. The molecule has 2 heterocycles. The molecule has 1 amide bonds. The van der Waals surface area contributed by atoms with Crippen LogP contribution in [0, 0.1) is 12.7 Å². The van der Waals surface area contributed by atoms with Gasteiger partial charge in [0.15, 0.2) is 0 Å². The highest BCUT2D eigenvalue weighted by atomic mass is 19.1. The van der Waals surface area contributed by atoms with Gasteiger partial charge in [-0.1, -0.05) is 0 Å². The summed E-state index contributed by atoms with van der Waals surface area (Å²) in [4.78, 5) is 14.6. The van der Waals surface area contributed by atoms with Crippen molar-refractivity contribution < 1.29 is 13.9 Å². The van der Waals surface area contributed by atoms with Crippen LogP contribution >= 0.6 is 0 Å². The minimum absolute atomic E-state index is 0.238. The maximum atomic E-state index is 13.6. The van der Waals surface area contributed by atoms with Crippen LogP contribution in [0.15, 0.2) is 42.6 Å². The van der Waals surface area contributed by atoms with Crippen molar-refractivity contribution >= 4 is 28.5 Å². The molecular weight excluding hydrogens is 383 g/mol. The molecule has 3 N–H and O–H groups in total. The number of nitrogens with zero attached hydrogens (tertiary/aromatic N) is 1. The number of morpholine rings is 1. The number of rotatable bonds is 7. The summed E-state index contributed by atoms with van der Waals surface area (Å²) < 4.78 is 18.9. The minimum atomic E-state index is -0.365. The monoisotopic (exact) mass is 410 g/mol. The van der Waals surface area contributed by atoms with Gasteiger partial charge in [0.25, 0.3) is 5.91 Å². The Hall–Kier alpha value is -2.90. The SMILES string of the molecule is Cc1cc(N/C=C2\C(=O)Nc3ccc(F)cc32)ccc1NCCCN1CCOCC1. The molecule has 7 heteroatoms. The van der Waals surface area contributed by atoms with Gasteiger partial charge < -0.3 is 20.7 Å².